The summed E-state index contributed by atoms with van der Waals surface area (Å²) >= 11 is 0. The van der Waals surface area contributed by atoms with Crippen LogP contribution in [0.2, 0.25) is 0 Å². The minimum Gasteiger partial charge on any atom is -0.250 e. The van der Waals surface area contributed by atoms with Crippen molar-refractivity contribution in [2.24, 2.45) is 0 Å². The van der Waals surface area contributed by atoms with E-state index in [4.69, 9.17) is 0 Å². The summed E-state index contributed by atoms with van der Waals surface area (Å²) in [6, 6.07) is 88.2. The van der Waals surface area contributed by atoms with E-state index in [2.05, 4.69) is 271 Å². The smallest absolute Gasteiger partial charge is 0.0952 e. The molecule has 8 aromatic rings. The quantitative estimate of drug-likeness (QED) is 0.0385. The molecule has 8 rings (SSSR count). The Bertz CT molecular complexity index is 2350. The van der Waals surface area contributed by atoms with E-state index in [1.54, 1.807) is 0 Å². The summed E-state index contributed by atoms with van der Waals surface area (Å²) in [4.78, 5) is 0. The number of benzene rings is 8. The highest BCUT2D eigenvalue weighted by atomic mass is 33.1. The van der Waals surface area contributed by atoms with Gasteiger partial charge in [-0.15, -0.1) is 10.1 Å². The average molecular weight is 913 g/mol. The number of hydrogen-bond acceptors (Lipinski definition) is 7. The van der Waals surface area contributed by atoms with E-state index >= 15 is 0 Å². The van der Waals surface area contributed by atoms with Crippen molar-refractivity contribution in [3.05, 3.63) is 287 Å². The van der Waals surface area contributed by atoms with Crippen molar-refractivity contribution in [3.8, 4) is 0 Å². The van der Waals surface area contributed by atoms with Gasteiger partial charge in [-0.2, -0.15) is 0 Å². The van der Waals surface area contributed by atoms with Gasteiger partial charge in [-0.1, -0.05) is 243 Å². The van der Waals surface area contributed by atoms with Gasteiger partial charge in [0.1, 0.15) is 0 Å². The van der Waals surface area contributed by atoms with Crippen LogP contribution in [-0.2, 0) is 45.8 Å². The minimum atomic E-state index is -1.06. The van der Waals surface area contributed by atoms with Gasteiger partial charge in [-0.3, -0.25) is 4.31 Å². The summed E-state index contributed by atoms with van der Waals surface area (Å²) < 4.78 is 10.6. The van der Waals surface area contributed by atoms with Crippen molar-refractivity contribution >= 4 is 43.1 Å². The van der Waals surface area contributed by atoms with Crippen LogP contribution in [0.1, 0.15) is 49.9 Å². The third kappa shape index (κ3) is 14.2. The van der Waals surface area contributed by atoms with Gasteiger partial charge in [-0.05, 0) is 55.5 Å². The molecule has 0 heterocycles. The lowest BCUT2D eigenvalue weighted by atomic mass is 10.2. The molecule has 0 fully saturated rings. The molecule has 2 atom stereocenters. The Morgan fingerprint density at radius 2 is 0.578 bits per heavy atom. The van der Waals surface area contributed by atoms with E-state index in [1.807, 2.05) is 22.0 Å². The highest BCUT2D eigenvalue weighted by Crippen LogP contribution is 2.62. The molecule has 0 saturated carbocycles. The molecule has 0 aliphatic rings. The van der Waals surface area contributed by atoms with Crippen LogP contribution in [-0.4, -0.2) is 17.2 Å². The van der Waals surface area contributed by atoms with Crippen LogP contribution < -0.4 is 0 Å². The van der Waals surface area contributed by atoms with E-state index in [9.17, 15) is 0 Å². The van der Waals surface area contributed by atoms with Crippen LogP contribution in [0.25, 0.3) is 0 Å². The maximum Gasteiger partial charge on any atom is 0.0952 e. The highest BCUT2D eigenvalue weighted by Gasteiger charge is 2.35. The molecule has 0 N–H and O–H groups in total. The molecule has 0 spiro atoms. The van der Waals surface area contributed by atoms with Crippen molar-refractivity contribution < 1.29 is 0 Å². The zero-order valence-electron chi connectivity index (χ0n) is 36.1. The minimum absolute atomic E-state index is 0.00989. The standard InChI is InChI=1S/C56H56N4S4/c1-9-25-48(26-10-1)41-57(42-49-27-11-2-12-28-49)61-62-60(47-54-37-21-7-22-38-54)56(55-39-23-8-24-40-55)64(59(45-52-33-17-5-18-34-52)46-53-35-19-6-20-36-53)63-58(43-50-29-13-3-14-30-50)44-51-31-15-4-16-32-51/h1-40,56,64H,41-47H2. The fraction of sp³-hybridized carbons (Fsp3) is 0.143. The molecule has 0 amide bonds. The maximum absolute atomic E-state index is 2.79. The van der Waals surface area contributed by atoms with Gasteiger partial charge in [0.25, 0.3) is 0 Å². The lowest BCUT2D eigenvalue weighted by molar-refractivity contribution is 0.410. The molecule has 324 valence electrons. The van der Waals surface area contributed by atoms with Crippen LogP contribution in [0.4, 0.5) is 0 Å². The van der Waals surface area contributed by atoms with Crippen molar-refractivity contribution in [1.29, 1.82) is 0 Å². The Hall–Kier alpha value is -5.00. The summed E-state index contributed by atoms with van der Waals surface area (Å²) in [6.07, 6.45) is 0. The highest BCUT2D eigenvalue weighted by molar-refractivity contribution is 8.83. The SMILES string of the molecule is c1ccc(CN(Cc2ccccc2)SSN(Cc2ccccc2)C(c2ccccc2)[SH](SN(Cc2ccccc2)Cc2ccccc2)N(Cc2ccccc2)Cc2ccccc2)cc1. The van der Waals surface area contributed by atoms with E-state index < -0.39 is 10.1 Å². The largest absolute Gasteiger partial charge is 0.250 e. The molecule has 4 nitrogen and oxygen atoms in total. The predicted molar refractivity (Wildman–Crippen MR) is 279 cm³/mol. The summed E-state index contributed by atoms with van der Waals surface area (Å²) in [5, 5.41) is 0.00989. The van der Waals surface area contributed by atoms with Gasteiger partial charge in [0, 0.05) is 67.8 Å². The van der Waals surface area contributed by atoms with Crippen LogP contribution >= 0.6 is 43.1 Å². The van der Waals surface area contributed by atoms with Gasteiger partial charge in [0.05, 0.1) is 5.37 Å². The Morgan fingerprint density at radius 1 is 0.297 bits per heavy atom. The molecule has 0 radical (unpaired) electrons. The molecule has 64 heavy (non-hydrogen) atoms. The fourth-order valence-corrected chi connectivity index (χ4v) is 15.8. The number of hydrogen-bond donors (Lipinski definition) is 1. The summed E-state index contributed by atoms with van der Waals surface area (Å²) in [7, 11) is 4.76. The molecule has 0 bridgehead atoms. The van der Waals surface area contributed by atoms with E-state index in [1.165, 1.54) is 44.5 Å². The number of thiol groups is 1. The third-order valence-electron chi connectivity index (χ3n) is 10.7. The molecule has 2 unspecified atom stereocenters. The van der Waals surface area contributed by atoms with Gasteiger partial charge >= 0.3 is 0 Å². The maximum atomic E-state index is 2.79. The monoisotopic (exact) mass is 912 g/mol. The normalized spacial score (nSPS) is 12.8. The van der Waals surface area contributed by atoms with Crippen molar-refractivity contribution in [2.75, 3.05) is 0 Å². The van der Waals surface area contributed by atoms with Crippen LogP contribution in [0.5, 0.6) is 0 Å². The first kappa shape index (κ1) is 45.6. The molecule has 0 aromatic heterocycles. The first-order chi connectivity index (χ1) is 31.7. The zero-order valence-corrected chi connectivity index (χ0v) is 39.4. The predicted octanol–water partition coefficient (Wildman–Crippen LogP) is 15.0. The Morgan fingerprint density at radius 3 is 0.922 bits per heavy atom. The average Bonchev–Trinajstić information content (AvgIpc) is 3.35. The Balaban J connectivity index is 1.25. The van der Waals surface area contributed by atoms with E-state index in [-0.39, 0.29) is 5.37 Å². The van der Waals surface area contributed by atoms with Crippen LogP contribution in [0.3, 0.4) is 0 Å². The van der Waals surface area contributed by atoms with Gasteiger partial charge < -0.3 is 0 Å². The van der Waals surface area contributed by atoms with Crippen molar-refractivity contribution in [1.82, 2.24) is 17.2 Å². The lowest BCUT2D eigenvalue weighted by Crippen LogP contribution is -2.31. The second-order valence-electron chi connectivity index (χ2n) is 15.7. The second-order valence-corrected chi connectivity index (χ2v) is 21.8. The summed E-state index contributed by atoms with van der Waals surface area (Å²) in [6.45, 7) is 5.66. The second kappa shape index (κ2) is 24.9. The van der Waals surface area contributed by atoms with Crippen molar-refractivity contribution in [3.63, 3.8) is 0 Å². The van der Waals surface area contributed by atoms with Crippen LogP contribution in [0, 0.1) is 0 Å². The molecule has 8 heteroatoms. The van der Waals surface area contributed by atoms with Crippen LogP contribution in [0.15, 0.2) is 243 Å². The molecule has 0 aliphatic heterocycles. The van der Waals surface area contributed by atoms with Gasteiger partial charge in [0.15, 0.2) is 0 Å². The molecular weight excluding hydrogens is 857 g/mol. The first-order valence-electron chi connectivity index (χ1n) is 21.9. The molecule has 0 saturated heterocycles. The van der Waals surface area contributed by atoms with Crippen molar-refractivity contribution in [2.45, 2.75) is 51.2 Å². The Kier molecular flexibility index (Phi) is 17.7. The number of rotatable bonds is 23. The van der Waals surface area contributed by atoms with E-state index in [0.29, 0.717) is 0 Å². The summed E-state index contributed by atoms with van der Waals surface area (Å²) in [5.41, 5.74) is 10.4. The molecule has 0 aliphatic carbocycles. The zero-order chi connectivity index (χ0) is 43.4. The molecular formula is C56H56N4S4. The Labute approximate surface area is 396 Å². The summed E-state index contributed by atoms with van der Waals surface area (Å²) in [5.74, 6) is 0. The fourth-order valence-electron chi connectivity index (χ4n) is 7.56. The van der Waals surface area contributed by atoms with Gasteiger partial charge in [0.2, 0.25) is 0 Å². The lowest BCUT2D eigenvalue weighted by Gasteiger charge is -2.46. The van der Waals surface area contributed by atoms with E-state index in [0.717, 1.165) is 45.8 Å². The number of nitrogens with zero attached hydrogens (tertiary/aromatic N) is 4. The van der Waals surface area contributed by atoms with Gasteiger partial charge in [-0.25, -0.2) is 12.9 Å². The topological polar surface area (TPSA) is 13.0 Å². The molecule has 8 aromatic carbocycles. The third-order valence-corrected chi connectivity index (χ3v) is 18.3. The first-order valence-corrected chi connectivity index (χ1v) is 26.7.